The summed E-state index contributed by atoms with van der Waals surface area (Å²) < 4.78 is 6.45. The lowest BCUT2D eigenvalue weighted by atomic mass is 10.2. The van der Waals surface area contributed by atoms with Gasteiger partial charge in [-0.3, -0.25) is 9.80 Å². The first-order valence-corrected chi connectivity index (χ1v) is 8.40. The van der Waals surface area contributed by atoms with Crippen LogP contribution in [0.15, 0.2) is 24.3 Å². The van der Waals surface area contributed by atoms with Crippen LogP contribution in [0.1, 0.15) is 18.0 Å². The zero-order valence-corrected chi connectivity index (χ0v) is 13.6. The number of ether oxygens (including phenoxy) is 1. The fourth-order valence-electron chi connectivity index (χ4n) is 2.82. The summed E-state index contributed by atoms with van der Waals surface area (Å²) in [7, 11) is 1.77. The molecule has 4 nitrogen and oxygen atoms in total. The van der Waals surface area contributed by atoms with Crippen molar-refractivity contribution in [1.29, 1.82) is 0 Å². The molecule has 1 aliphatic heterocycles. The van der Waals surface area contributed by atoms with Crippen LogP contribution in [0.5, 0.6) is 0 Å². The Morgan fingerprint density at radius 1 is 1.24 bits per heavy atom. The Kier molecular flexibility index (Phi) is 4.85. The first kappa shape index (κ1) is 14.9. The summed E-state index contributed by atoms with van der Waals surface area (Å²) in [6.07, 6.45) is 0. The van der Waals surface area contributed by atoms with Crippen molar-refractivity contribution in [3.63, 3.8) is 0 Å². The fraction of sp³-hybridized carbons (Fsp3) is 0.562. The number of thiazole rings is 1. The molecular formula is C16H23N3OS. The van der Waals surface area contributed by atoms with Gasteiger partial charge >= 0.3 is 0 Å². The average Bonchev–Trinajstić information content (AvgIpc) is 2.96. The molecule has 1 atom stereocenters. The SMILES string of the molecule is COCCN1CCN(C(C)c2nc3ccccc3s2)CC1. The van der Waals surface area contributed by atoms with Crippen molar-refractivity contribution >= 4 is 21.6 Å². The summed E-state index contributed by atoms with van der Waals surface area (Å²) in [5.41, 5.74) is 1.13. The Labute approximate surface area is 130 Å². The molecule has 1 aliphatic rings. The van der Waals surface area contributed by atoms with Gasteiger partial charge in [-0.25, -0.2) is 4.98 Å². The van der Waals surface area contributed by atoms with E-state index in [0.29, 0.717) is 6.04 Å². The van der Waals surface area contributed by atoms with Crippen molar-refractivity contribution in [3.05, 3.63) is 29.3 Å². The maximum atomic E-state index is 5.16. The number of hydrogen-bond acceptors (Lipinski definition) is 5. The van der Waals surface area contributed by atoms with Gasteiger partial charge < -0.3 is 4.74 Å². The van der Waals surface area contributed by atoms with Crippen LogP contribution < -0.4 is 0 Å². The zero-order chi connectivity index (χ0) is 14.7. The van der Waals surface area contributed by atoms with Crippen LogP contribution in [-0.4, -0.2) is 61.2 Å². The van der Waals surface area contributed by atoms with Crippen molar-refractivity contribution in [2.45, 2.75) is 13.0 Å². The molecule has 1 unspecified atom stereocenters. The second kappa shape index (κ2) is 6.83. The smallest absolute Gasteiger partial charge is 0.111 e. The Morgan fingerprint density at radius 2 is 2.00 bits per heavy atom. The van der Waals surface area contributed by atoms with Gasteiger partial charge in [-0.2, -0.15) is 0 Å². The van der Waals surface area contributed by atoms with Gasteiger partial charge in [-0.1, -0.05) is 12.1 Å². The molecule has 1 fully saturated rings. The van der Waals surface area contributed by atoms with Crippen LogP contribution >= 0.6 is 11.3 Å². The lowest BCUT2D eigenvalue weighted by molar-refractivity contribution is 0.0786. The number of rotatable bonds is 5. The van der Waals surface area contributed by atoms with Crippen LogP contribution in [0.4, 0.5) is 0 Å². The molecule has 0 bridgehead atoms. The minimum atomic E-state index is 0.409. The minimum Gasteiger partial charge on any atom is -0.383 e. The summed E-state index contributed by atoms with van der Waals surface area (Å²) >= 11 is 1.83. The van der Waals surface area contributed by atoms with Crippen molar-refractivity contribution < 1.29 is 4.74 Å². The standard InChI is InChI=1S/C16H23N3OS/c1-13(16-17-14-5-3-4-6-15(14)21-16)19-9-7-18(8-10-19)11-12-20-2/h3-6,13H,7-12H2,1-2H3. The average molecular weight is 305 g/mol. The number of para-hydroxylation sites is 1. The van der Waals surface area contributed by atoms with E-state index >= 15 is 0 Å². The first-order valence-electron chi connectivity index (χ1n) is 7.59. The molecule has 3 rings (SSSR count). The molecule has 5 heteroatoms. The minimum absolute atomic E-state index is 0.409. The first-order chi connectivity index (χ1) is 10.3. The number of methoxy groups -OCH3 is 1. The van der Waals surface area contributed by atoms with E-state index in [4.69, 9.17) is 9.72 Å². The van der Waals surface area contributed by atoms with E-state index in [1.54, 1.807) is 7.11 Å². The summed E-state index contributed by atoms with van der Waals surface area (Å²) in [6, 6.07) is 8.82. The van der Waals surface area contributed by atoms with E-state index in [9.17, 15) is 0 Å². The van der Waals surface area contributed by atoms with E-state index in [1.807, 2.05) is 11.3 Å². The molecule has 0 N–H and O–H groups in total. The van der Waals surface area contributed by atoms with Gasteiger partial charge in [-0.15, -0.1) is 11.3 Å². The van der Waals surface area contributed by atoms with Crippen molar-refractivity contribution in [2.75, 3.05) is 46.4 Å². The van der Waals surface area contributed by atoms with E-state index in [-0.39, 0.29) is 0 Å². The molecule has 2 heterocycles. The largest absolute Gasteiger partial charge is 0.383 e. The molecule has 114 valence electrons. The van der Waals surface area contributed by atoms with Gasteiger partial charge in [-0.05, 0) is 19.1 Å². The third-order valence-electron chi connectivity index (χ3n) is 4.23. The Bertz CT molecular complexity index is 545. The predicted molar refractivity (Wildman–Crippen MR) is 87.9 cm³/mol. The second-order valence-corrected chi connectivity index (χ2v) is 6.63. The highest BCUT2D eigenvalue weighted by Crippen LogP contribution is 2.29. The number of nitrogens with zero attached hydrogens (tertiary/aromatic N) is 3. The van der Waals surface area contributed by atoms with Crippen LogP contribution in [0.3, 0.4) is 0 Å². The second-order valence-electron chi connectivity index (χ2n) is 5.57. The van der Waals surface area contributed by atoms with Gasteiger partial charge in [0.2, 0.25) is 0 Å². The summed E-state index contributed by atoms with van der Waals surface area (Å²) in [4.78, 5) is 9.82. The summed E-state index contributed by atoms with van der Waals surface area (Å²) in [5, 5.41) is 1.24. The number of hydrogen-bond donors (Lipinski definition) is 0. The van der Waals surface area contributed by atoms with E-state index in [2.05, 4.69) is 41.0 Å². The highest BCUT2D eigenvalue weighted by atomic mass is 32.1. The molecule has 0 radical (unpaired) electrons. The molecule has 21 heavy (non-hydrogen) atoms. The number of benzene rings is 1. The van der Waals surface area contributed by atoms with Gasteiger partial charge in [0.25, 0.3) is 0 Å². The Hall–Kier alpha value is -1.01. The topological polar surface area (TPSA) is 28.6 Å². The van der Waals surface area contributed by atoms with Gasteiger partial charge in [0, 0.05) is 39.8 Å². The molecule has 0 spiro atoms. The lowest BCUT2D eigenvalue weighted by Gasteiger charge is -2.37. The van der Waals surface area contributed by atoms with E-state index < -0.39 is 0 Å². The number of piperazine rings is 1. The Morgan fingerprint density at radius 3 is 2.71 bits per heavy atom. The number of fused-ring (bicyclic) bond motifs is 1. The number of aromatic nitrogens is 1. The highest BCUT2D eigenvalue weighted by molar-refractivity contribution is 7.18. The maximum Gasteiger partial charge on any atom is 0.111 e. The molecule has 0 aliphatic carbocycles. The molecule has 1 saturated heterocycles. The Balaban J connectivity index is 1.62. The monoisotopic (exact) mass is 305 g/mol. The summed E-state index contributed by atoms with van der Waals surface area (Å²) in [5.74, 6) is 0. The predicted octanol–water partition coefficient (Wildman–Crippen LogP) is 2.62. The van der Waals surface area contributed by atoms with E-state index in [0.717, 1.165) is 44.8 Å². The lowest BCUT2D eigenvalue weighted by Crippen LogP contribution is -2.47. The van der Waals surface area contributed by atoms with Gasteiger partial charge in [0.05, 0.1) is 22.9 Å². The molecule has 0 saturated carbocycles. The molecule has 2 aromatic rings. The highest BCUT2D eigenvalue weighted by Gasteiger charge is 2.23. The van der Waals surface area contributed by atoms with Crippen LogP contribution in [0, 0.1) is 0 Å². The van der Waals surface area contributed by atoms with Gasteiger partial charge in [0.1, 0.15) is 5.01 Å². The third kappa shape index (κ3) is 3.43. The normalized spacial score (nSPS) is 19.1. The quantitative estimate of drug-likeness (QED) is 0.849. The van der Waals surface area contributed by atoms with Crippen molar-refractivity contribution in [2.24, 2.45) is 0 Å². The molecular weight excluding hydrogens is 282 g/mol. The van der Waals surface area contributed by atoms with Crippen molar-refractivity contribution in [3.8, 4) is 0 Å². The van der Waals surface area contributed by atoms with Crippen molar-refractivity contribution in [1.82, 2.24) is 14.8 Å². The molecule has 1 aromatic carbocycles. The molecule has 0 amide bonds. The van der Waals surface area contributed by atoms with Crippen LogP contribution in [0.25, 0.3) is 10.2 Å². The van der Waals surface area contributed by atoms with Crippen LogP contribution in [-0.2, 0) is 4.74 Å². The van der Waals surface area contributed by atoms with E-state index in [1.165, 1.54) is 9.71 Å². The zero-order valence-electron chi connectivity index (χ0n) is 12.8. The fourth-order valence-corrected chi connectivity index (χ4v) is 3.87. The third-order valence-corrected chi connectivity index (χ3v) is 5.44. The van der Waals surface area contributed by atoms with Gasteiger partial charge in [0.15, 0.2) is 0 Å². The summed E-state index contributed by atoms with van der Waals surface area (Å²) in [6.45, 7) is 8.62. The molecule has 1 aromatic heterocycles. The maximum absolute atomic E-state index is 5.16. The van der Waals surface area contributed by atoms with Crippen LogP contribution in [0.2, 0.25) is 0 Å².